The van der Waals surface area contributed by atoms with Crippen LogP contribution in [-0.4, -0.2) is 16.9 Å². The molecule has 4 heteroatoms. The SMILES string of the molecule is COc1ccc(CN2C(=O)C(I)Cc3ccccc32)cc1. The Hall–Kier alpha value is -1.56. The number of halogens is 1. The van der Waals surface area contributed by atoms with Crippen LogP contribution in [0.15, 0.2) is 48.5 Å². The molecule has 1 aliphatic rings. The lowest BCUT2D eigenvalue weighted by Crippen LogP contribution is -2.41. The van der Waals surface area contributed by atoms with E-state index in [2.05, 4.69) is 28.7 Å². The lowest BCUT2D eigenvalue weighted by Gasteiger charge is -2.32. The average Bonchev–Trinajstić information content (AvgIpc) is 2.52. The molecular weight excluding hydrogens is 377 g/mol. The normalized spacial score (nSPS) is 17.5. The second kappa shape index (κ2) is 6.05. The maximum absolute atomic E-state index is 12.5. The summed E-state index contributed by atoms with van der Waals surface area (Å²) in [4.78, 5) is 14.4. The molecule has 21 heavy (non-hydrogen) atoms. The first kappa shape index (κ1) is 14.4. The van der Waals surface area contributed by atoms with Gasteiger partial charge in [0.05, 0.1) is 17.6 Å². The Labute approximate surface area is 138 Å². The van der Waals surface area contributed by atoms with E-state index in [4.69, 9.17) is 4.74 Å². The van der Waals surface area contributed by atoms with E-state index in [1.807, 2.05) is 47.4 Å². The molecule has 1 heterocycles. The minimum atomic E-state index is 0.00995. The number of methoxy groups -OCH3 is 1. The van der Waals surface area contributed by atoms with Gasteiger partial charge >= 0.3 is 0 Å². The predicted octanol–water partition coefficient (Wildman–Crippen LogP) is 3.59. The Morgan fingerprint density at radius 3 is 2.62 bits per heavy atom. The fourth-order valence-electron chi connectivity index (χ4n) is 2.59. The third-order valence-electron chi connectivity index (χ3n) is 3.72. The summed E-state index contributed by atoms with van der Waals surface area (Å²) >= 11 is 2.24. The van der Waals surface area contributed by atoms with Gasteiger partial charge in [0.15, 0.2) is 0 Å². The molecule has 2 aromatic rings. The van der Waals surface area contributed by atoms with E-state index in [9.17, 15) is 4.79 Å². The van der Waals surface area contributed by atoms with E-state index in [0.29, 0.717) is 6.54 Å². The van der Waals surface area contributed by atoms with Gasteiger partial charge < -0.3 is 9.64 Å². The van der Waals surface area contributed by atoms with Gasteiger partial charge in [0.1, 0.15) is 5.75 Å². The number of amides is 1. The summed E-state index contributed by atoms with van der Waals surface area (Å²) in [6.07, 6.45) is 0.814. The molecule has 108 valence electrons. The van der Waals surface area contributed by atoms with Crippen molar-refractivity contribution in [2.24, 2.45) is 0 Å². The molecule has 3 nitrogen and oxygen atoms in total. The number of rotatable bonds is 3. The fraction of sp³-hybridized carbons (Fsp3) is 0.235. The van der Waals surface area contributed by atoms with Gasteiger partial charge in [-0.3, -0.25) is 4.79 Å². The first-order valence-electron chi connectivity index (χ1n) is 6.85. The quantitative estimate of drug-likeness (QED) is 0.590. The van der Waals surface area contributed by atoms with Crippen LogP contribution >= 0.6 is 22.6 Å². The zero-order chi connectivity index (χ0) is 14.8. The lowest BCUT2D eigenvalue weighted by molar-refractivity contribution is -0.118. The number of carbonyl (C=O) groups is 1. The summed E-state index contributed by atoms with van der Waals surface area (Å²) in [6.45, 7) is 0.597. The molecule has 2 aromatic carbocycles. The molecule has 1 aliphatic heterocycles. The van der Waals surface area contributed by atoms with Crippen LogP contribution in [-0.2, 0) is 17.8 Å². The van der Waals surface area contributed by atoms with Crippen LogP contribution in [0.5, 0.6) is 5.75 Å². The molecule has 0 aliphatic carbocycles. The van der Waals surface area contributed by atoms with E-state index in [1.165, 1.54) is 5.56 Å². The van der Waals surface area contributed by atoms with Crippen LogP contribution < -0.4 is 9.64 Å². The van der Waals surface area contributed by atoms with E-state index in [-0.39, 0.29) is 9.83 Å². The van der Waals surface area contributed by atoms with Crippen molar-refractivity contribution >= 4 is 34.2 Å². The van der Waals surface area contributed by atoms with Crippen LogP contribution in [0.4, 0.5) is 5.69 Å². The highest BCUT2D eigenvalue weighted by molar-refractivity contribution is 14.1. The molecule has 0 aromatic heterocycles. The first-order valence-corrected chi connectivity index (χ1v) is 8.10. The van der Waals surface area contributed by atoms with Crippen LogP contribution in [0, 0.1) is 0 Å². The van der Waals surface area contributed by atoms with E-state index in [0.717, 1.165) is 23.4 Å². The number of carbonyl (C=O) groups excluding carboxylic acids is 1. The van der Waals surface area contributed by atoms with Crippen LogP contribution in [0.1, 0.15) is 11.1 Å². The number of nitrogens with zero attached hydrogens (tertiary/aromatic N) is 1. The highest BCUT2D eigenvalue weighted by atomic mass is 127. The number of benzene rings is 2. The molecule has 0 fully saturated rings. The largest absolute Gasteiger partial charge is 0.497 e. The molecule has 1 amide bonds. The van der Waals surface area contributed by atoms with Crippen molar-refractivity contribution in [1.29, 1.82) is 0 Å². The minimum Gasteiger partial charge on any atom is -0.497 e. The molecule has 3 rings (SSSR count). The highest BCUT2D eigenvalue weighted by Crippen LogP contribution is 2.32. The van der Waals surface area contributed by atoms with Gasteiger partial charge in [0.25, 0.3) is 0 Å². The summed E-state index contributed by atoms with van der Waals surface area (Å²) in [6, 6.07) is 16.0. The van der Waals surface area contributed by atoms with E-state index >= 15 is 0 Å². The van der Waals surface area contributed by atoms with Crippen molar-refractivity contribution in [1.82, 2.24) is 0 Å². The summed E-state index contributed by atoms with van der Waals surface area (Å²) in [5.41, 5.74) is 3.38. The molecule has 0 saturated heterocycles. The van der Waals surface area contributed by atoms with Crippen LogP contribution in [0.3, 0.4) is 0 Å². The smallest absolute Gasteiger partial charge is 0.240 e. The Morgan fingerprint density at radius 1 is 1.19 bits per heavy atom. The maximum Gasteiger partial charge on any atom is 0.240 e. The van der Waals surface area contributed by atoms with Crippen molar-refractivity contribution in [2.75, 3.05) is 12.0 Å². The van der Waals surface area contributed by atoms with Gasteiger partial charge in [-0.25, -0.2) is 0 Å². The Morgan fingerprint density at radius 2 is 1.90 bits per heavy atom. The van der Waals surface area contributed by atoms with Crippen LogP contribution in [0.25, 0.3) is 0 Å². The van der Waals surface area contributed by atoms with Crippen molar-refractivity contribution in [3.05, 3.63) is 59.7 Å². The van der Waals surface area contributed by atoms with Gasteiger partial charge in [-0.05, 0) is 35.7 Å². The molecule has 0 N–H and O–H groups in total. The Bertz CT molecular complexity index is 654. The van der Waals surface area contributed by atoms with Gasteiger partial charge in [-0.15, -0.1) is 0 Å². The molecular formula is C17H16INO2. The van der Waals surface area contributed by atoms with E-state index < -0.39 is 0 Å². The molecule has 1 atom stereocenters. The number of fused-ring (bicyclic) bond motifs is 1. The third-order valence-corrected chi connectivity index (χ3v) is 4.69. The van der Waals surface area contributed by atoms with Crippen molar-refractivity contribution < 1.29 is 9.53 Å². The second-order valence-corrected chi connectivity index (χ2v) is 6.58. The Balaban J connectivity index is 1.90. The van der Waals surface area contributed by atoms with Crippen molar-refractivity contribution in [2.45, 2.75) is 16.9 Å². The van der Waals surface area contributed by atoms with Gasteiger partial charge in [0, 0.05) is 5.69 Å². The number of alkyl halides is 1. The molecule has 0 radical (unpaired) electrons. The van der Waals surface area contributed by atoms with Crippen LogP contribution in [0.2, 0.25) is 0 Å². The zero-order valence-corrected chi connectivity index (χ0v) is 13.9. The number of anilines is 1. The lowest BCUT2D eigenvalue weighted by atomic mass is 10.0. The molecule has 0 saturated carbocycles. The highest BCUT2D eigenvalue weighted by Gasteiger charge is 2.30. The number of para-hydroxylation sites is 1. The molecule has 0 bridgehead atoms. The Kier molecular flexibility index (Phi) is 4.14. The molecule has 1 unspecified atom stereocenters. The number of hydrogen-bond donors (Lipinski definition) is 0. The standard InChI is InChI=1S/C17H16INO2/c1-21-14-8-6-12(7-9-14)11-19-16-5-3-2-4-13(16)10-15(18)17(19)20/h2-9,15H,10-11H2,1H3. The maximum atomic E-state index is 12.5. The van der Waals surface area contributed by atoms with Gasteiger partial charge in [-0.2, -0.15) is 0 Å². The fourth-order valence-corrected chi connectivity index (χ4v) is 3.40. The summed E-state index contributed by atoms with van der Waals surface area (Å²) in [7, 11) is 1.65. The number of ether oxygens (including phenoxy) is 1. The minimum absolute atomic E-state index is 0.00995. The first-order chi connectivity index (χ1) is 10.2. The summed E-state index contributed by atoms with van der Waals surface area (Å²) in [5.74, 6) is 1.01. The monoisotopic (exact) mass is 393 g/mol. The average molecular weight is 393 g/mol. The molecule has 0 spiro atoms. The van der Waals surface area contributed by atoms with Gasteiger partial charge in [0.2, 0.25) is 5.91 Å². The van der Waals surface area contributed by atoms with Crippen molar-refractivity contribution in [3.63, 3.8) is 0 Å². The predicted molar refractivity (Wildman–Crippen MR) is 92.1 cm³/mol. The summed E-state index contributed by atoms with van der Waals surface area (Å²) < 4.78 is 5.18. The zero-order valence-electron chi connectivity index (χ0n) is 11.8. The van der Waals surface area contributed by atoms with Crippen molar-refractivity contribution in [3.8, 4) is 5.75 Å². The van der Waals surface area contributed by atoms with E-state index in [1.54, 1.807) is 7.11 Å². The second-order valence-electron chi connectivity index (χ2n) is 5.07. The summed E-state index contributed by atoms with van der Waals surface area (Å²) in [5, 5.41) is 0. The number of hydrogen-bond acceptors (Lipinski definition) is 2. The third kappa shape index (κ3) is 2.90. The topological polar surface area (TPSA) is 29.5 Å². The van der Waals surface area contributed by atoms with Gasteiger partial charge in [-0.1, -0.05) is 52.9 Å².